The molecule has 0 radical (unpaired) electrons. The number of anilines is 1. The molecule has 1 aliphatic heterocycles. The number of ether oxygens (including phenoxy) is 1. The summed E-state index contributed by atoms with van der Waals surface area (Å²) in [6.07, 6.45) is 0. The molecule has 0 saturated carbocycles. The lowest BCUT2D eigenvalue weighted by molar-refractivity contribution is 0.398. The minimum atomic E-state index is 0.248. The van der Waals surface area contributed by atoms with E-state index in [1.807, 2.05) is 18.2 Å². The molecule has 0 spiro atoms. The lowest BCUT2D eigenvalue weighted by Crippen LogP contribution is -2.28. The van der Waals surface area contributed by atoms with E-state index < -0.39 is 0 Å². The van der Waals surface area contributed by atoms with Gasteiger partial charge in [-0.3, -0.25) is 0 Å². The summed E-state index contributed by atoms with van der Waals surface area (Å²) in [5.74, 6) is 2.13. The van der Waals surface area contributed by atoms with Crippen molar-refractivity contribution in [2.45, 2.75) is 13.0 Å². The van der Waals surface area contributed by atoms with Gasteiger partial charge in [0, 0.05) is 25.2 Å². The third kappa shape index (κ3) is 2.04. The molecule has 0 bridgehead atoms. The van der Waals surface area contributed by atoms with Gasteiger partial charge in [0.1, 0.15) is 5.82 Å². The molecule has 0 amide bonds. The summed E-state index contributed by atoms with van der Waals surface area (Å²) >= 11 is 0. The third-order valence-electron chi connectivity index (χ3n) is 2.91. The van der Waals surface area contributed by atoms with Gasteiger partial charge >= 0.3 is 0 Å². The van der Waals surface area contributed by atoms with E-state index in [2.05, 4.69) is 16.8 Å². The Morgan fingerprint density at radius 2 is 2.27 bits per heavy atom. The fourth-order valence-electron chi connectivity index (χ4n) is 1.87. The maximum absolute atomic E-state index is 5.98. The number of hydrogen-bond acceptors (Lipinski definition) is 4. The lowest BCUT2D eigenvalue weighted by Gasteiger charge is -2.17. The summed E-state index contributed by atoms with van der Waals surface area (Å²) in [6.45, 7) is 4.02. The number of nitrogens with zero attached hydrogens (tertiary/aromatic N) is 2. The first-order valence-electron chi connectivity index (χ1n) is 5.22. The van der Waals surface area contributed by atoms with Crippen LogP contribution in [0.2, 0.25) is 0 Å². The molecule has 1 aliphatic rings. The zero-order valence-corrected chi connectivity index (χ0v) is 9.18. The van der Waals surface area contributed by atoms with Gasteiger partial charge in [-0.05, 0) is 12.0 Å². The zero-order valence-electron chi connectivity index (χ0n) is 9.18. The molecule has 0 aliphatic carbocycles. The van der Waals surface area contributed by atoms with Gasteiger partial charge in [-0.1, -0.05) is 13.0 Å². The summed E-state index contributed by atoms with van der Waals surface area (Å²) < 4.78 is 5.10. The van der Waals surface area contributed by atoms with Crippen LogP contribution in [-0.2, 0) is 0 Å². The topological polar surface area (TPSA) is 51.4 Å². The van der Waals surface area contributed by atoms with E-state index in [0.29, 0.717) is 11.8 Å². The monoisotopic (exact) mass is 207 g/mol. The number of nitrogens with two attached hydrogens (primary N) is 1. The van der Waals surface area contributed by atoms with Gasteiger partial charge < -0.3 is 15.4 Å². The van der Waals surface area contributed by atoms with Crippen molar-refractivity contribution in [3.05, 3.63) is 18.2 Å². The minimum absolute atomic E-state index is 0.248. The van der Waals surface area contributed by atoms with Crippen molar-refractivity contribution in [3.63, 3.8) is 0 Å². The minimum Gasteiger partial charge on any atom is -0.481 e. The molecule has 1 saturated heterocycles. The van der Waals surface area contributed by atoms with Gasteiger partial charge in [0.15, 0.2) is 0 Å². The van der Waals surface area contributed by atoms with Crippen LogP contribution >= 0.6 is 0 Å². The summed E-state index contributed by atoms with van der Waals surface area (Å²) in [5.41, 5.74) is 5.98. The van der Waals surface area contributed by atoms with Gasteiger partial charge in [-0.2, -0.15) is 4.98 Å². The molecule has 1 fully saturated rings. The lowest BCUT2D eigenvalue weighted by atomic mass is 10.1. The van der Waals surface area contributed by atoms with Gasteiger partial charge in [0.25, 0.3) is 0 Å². The van der Waals surface area contributed by atoms with E-state index in [-0.39, 0.29) is 6.04 Å². The first-order valence-corrected chi connectivity index (χ1v) is 5.22. The van der Waals surface area contributed by atoms with E-state index in [4.69, 9.17) is 10.5 Å². The summed E-state index contributed by atoms with van der Waals surface area (Å²) in [5, 5.41) is 0. The average molecular weight is 207 g/mol. The second-order valence-electron chi connectivity index (χ2n) is 4.08. The molecule has 15 heavy (non-hydrogen) atoms. The molecule has 2 rings (SSSR count). The molecular formula is C11H17N3O. The second-order valence-corrected chi connectivity index (χ2v) is 4.08. The Labute approximate surface area is 90.0 Å². The highest BCUT2D eigenvalue weighted by atomic mass is 16.5. The molecule has 2 heterocycles. The Balaban J connectivity index is 2.16. The maximum atomic E-state index is 5.98. The average Bonchev–Trinajstić information content (AvgIpc) is 2.59. The van der Waals surface area contributed by atoms with Crippen molar-refractivity contribution in [3.8, 4) is 5.88 Å². The Morgan fingerprint density at radius 1 is 1.47 bits per heavy atom. The molecule has 4 heteroatoms. The van der Waals surface area contributed by atoms with Crippen LogP contribution in [-0.4, -0.2) is 31.2 Å². The molecule has 1 aromatic heterocycles. The molecule has 82 valence electrons. The number of methoxy groups -OCH3 is 1. The highest BCUT2D eigenvalue weighted by molar-refractivity contribution is 5.42. The number of rotatable bonds is 2. The molecule has 4 nitrogen and oxygen atoms in total. The van der Waals surface area contributed by atoms with Crippen molar-refractivity contribution in [1.82, 2.24) is 4.98 Å². The van der Waals surface area contributed by atoms with E-state index >= 15 is 0 Å². The SMILES string of the molecule is COc1cccc(N2CC(C)C(N)C2)n1. The van der Waals surface area contributed by atoms with Crippen LogP contribution in [0.15, 0.2) is 18.2 Å². The number of hydrogen-bond donors (Lipinski definition) is 1. The van der Waals surface area contributed by atoms with Crippen LogP contribution in [0.4, 0.5) is 5.82 Å². The Hall–Kier alpha value is -1.29. The van der Waals surface area contributed by atoms with Crippen LogP contribution in [0.5, 0.6) is 5.88 Å². The molecular weight excluding hydrogens is 190 g/mol. The first kappa shape index (κ1) is 10.2. The highest BCUT2D eigenvalue weighted by Gasteiger charge is 2.27. The summed E-state index contributed by atoms with van der Waals surface area (Å²) in [7, 11) is 1.63. The fourth-order valence-corrected chi connectivity index (χ4v) is 1.87. The van der Waals surface area contributed by atoms with Crippen molar-refractivity contribution in [2.24, 2.45) is 11.7 Å². The zero-order chi connectivity index (χ0) is 10.8. The standard InChI is InChI=1S/C11H17N3O/c1-8-6-14(7-9(8)12)10-4-3-5-11(13-10)15-2/h3-5,8-9H,6-7,12H2,1-2H3. The normalized spacial score (nSPS) is 25.7. The van der Waals surface area contributed by atoms with Crippen LogP contribution in [0, 0.1) is 5.92 Å². The van der Waals surface area contributed by atoms with Crippen LogP contribution in [0.25, 0.3) is 0 Å². The van der Waals surface area contributed by atoms with Gasteiger partial charge in [0.05, 0.1) is 7.11 Å². The molecule has 1 aromatic rings. The van der Waals surface area contributed by atoms with Crippen molar-refractivity contribution in [2.75, 3.05) is 25.1 Å². The molecule has 2 N–H and O–H groups in total. The van der Waals surface area contributed by atoms with Crippen molar-refractivity contribution < 1.29 is 4.74 Å². The van der Waals surface area contributed by atoms with Gasteiger partial charge in [-0.15, -0.1) is 0 Å². The van der Waals surface area contributed by atoms with Crippen LogP contribution in [0.3, 0.4) is 0 Å². The van der Waals surface area contributed by atoms with Crippen LogP contribution < -0.4 is 15.4 Å². The van der Waals surface area contributed by atoms with E-state index in [9.17, 15) is 0 Å². The molecule has 2 atom stereocenters. The fraction of sp³-hybridized carbons (Fsp3) is 0.545. The third-order valence-corrected chi connectivity index (χ3v) is 2.91. The molecule has 2 unspecified atom stereocenters. The van der Waals surface area contributed by atoms with Gasteiger partial charge in [-0.25, -0.2) is 0 Å². The predicted octanol–water partition coefficient (Wildman–Crippen LogP) is 0.874. The second kappa shape index (κ2) is 4.06. The van der Waals surface area contributed by atoms with Gasteiger partial charge in [0.2, 0.25) is 5.88 Å². The maximum Gasteiger partial charge on any atom is 0.214 e. The smallest absolute Gasteiger partial charge is 0.214 e. The largest absolute Gasteiger partial charge is 0.481 e. The number of pyridine rings is 1. The van der Waals surface area contributed by atoms with E-state index in [1.54, 1.807) is 7.11 Å². The summed E-state index contributed by atoms with van der Waals surface area (Å²) in [4.78, 5) is 6.60. The summed E-state index contributed by atoms with van der Waals surface area (Å²) in [6, 6.07) is 6.05. The van der Waals surface area contributed by atoms with E-state index in [0.717, 1.165) is 18.9 Å². The van der Waals surface area contributed by atoms with Crippen LogP contribution in [0.1, 0.15) is 6.92 Å². The van der Waals surface area contributed by atoms with E-state index in [1.165, 1.54) is 0 Å². The predicted molar refractivity (Wildman–Crippen MR) is 60.1 cm³/mol. The Kier molecular flexibility index (Phi) is 2.77. The Bertz CT molecular complexity index is 332. The number of aromatic nitrogens is 1. The highest BCUT2D eigenvalue weighted by Crippen LogP contribution is 2.22. The van der Waals surface area contributed by atoms with Crippen molar-refractivity contribution in [1.29, 1.82) is 0 Å². The van der Waals surface area contributed by atoms with Crippen molar-refractivity contribution >= 4 is 5.82 Å². The Morgan fingerprint density at radius 3 is 2.87 bits per heavy atom. The quantitative estimate of drug-likeness (QED) is 0.782. The molecule has 0 aromatic carbocycles. The first-order chi connectivity index (χ1) is 7.20.